The summed E-state index contributed by atoms with van der Waals surface area (Å²) < 4.78 is 0. The zero-order valence-electron chi connectivity index (χ0n) is 9.57. The molecule has 1 aromatic carbocycles. The van der Waals surface area contributed by atoms with E-state index in [0.717, 1.165) is 16.1 Å². The number of rotatable bonds is 2. The van der Waals surface area contributed by atoms with Crippen LogP contribution in [-0.2, 0) is 0 Å². The summed E-state index contributed by atoms with van der Waals surface area (Å²) in [7, 11) is 0. The molecular weight excluding hydrogens is 218 g/mol. The Morgan fingerprint density at radius 1 is 1.12 bits per heavy atom. The van der Waals surface area contributed by atoms with Crippen molar-refractivity contribution in [2.45, 2.75) is 20.8 Å². The Balaban J connectivity index is 2.35. The molecular formula is C13H13NOS. The lowest BCUT2D eigenvalue weighted by atomic mass is 10.1. The first kappa shape index (κ1) is 11.0. The van der Waals surface area contributed by atoms with Gasteiger partial charge in [0.2, 0.25) is 5.78 Å². The molecule has 0 aliphatic carbocycles. The van der Waals surface area contributed by atoms with E-state index in [9.17, 15) is 4.79 Å². The predicted molar refractivity (Wildman–Crippen MR) is 66.2 cm³/mol. The zero-order chi connectivity index (χ0) is 11.7. The minimum absolute atomic E-state index is 0.0150. The summed E-state index contributed by atoms with van der Waals surface area (Å²) in [5.74, 6) is 0.0150. The van der Waals surface area contributed by atoms with Crippen LogP contribution in [0.5, 0.6) is 0 Å². The zero-order valence-corrected chi connectivity index (χ0v) is 10.4. The average molecular weight is 231 g/mol. The van der Waals surface area contributed by atoms with Crippen LogP contribution in [0.3, 0.4) is 0 Å². The standard InChI is InChI=1S/C13H13NOS/c1-8-4-6-11(7-5-8)12(15)13-14-9(2)10(3)16-13/h4-7H,1-3H3. The molecule has 0 saturated heterocycles. The molecule has 0 bridgehead atoms. The number of benzene rings is 1. The molecule has 16 heavy (non-hydrogen) atoms. The van der Waals surface area contributed by atoms with E-state index >= 15 is 0 Å². The van der Waals surface area contributed by atoms with Gasteiger partial charge in [0.25, 0.3) is 0 Å². The second-order valence-corrected chi connectivity index (χ2v) is 5.06. The molecule has 0 unspecified atom stereocenters. The minimum atomic E-state index is 0.0150. The van der Waals surface area contributed by atoms with Gasteiger partial charge in [0.05, 0.1) is 5.69 Å². The van der Waals surface area contributed by atoms with Gasteiger partial charge in [0.1, 0.15) is 0 Å². The van der Waals surface area contributed by atoms with Crippen molar-refractivity contribution in [1.82, 2.24) is 4.98 Å². The summed E-state index contributed by atoms with van der Waals surface area (Å²) in [4.78, 5) is 17.5. The van der Waals surface area contributed by atoms with Gasteiger partial charge in [-0.05, 0) is 20.8 Å². The van der Waals surface area contributed by atoms with Crippen LogP contribution < -0.4 is 0 Å². The number of carbonyl (C=O) groups is 1. The van der Waals surface area contributed by atoms with Crippen LogP contribution in [0.1, 0.15) is 31.5 Å². The Kier molecular flexibility index (Phi) is 2.88. The van der Waals surface area contributed by atoms with Crippen molar-refractivity contribution in [1.29, 1.82) is 0 Å². The number of thiazole rings is 1. The highest BCUT2D eigenvalue weighted by Gasteiger charge is 2.14. The summed E-state index contributed by atoms with van der Waals surface area (Å²) in [6, 6.07) is 7.59. The Hall–Kier alpha value is -1.48. The Bertz CT molecular complexity index is 506. The molecule has 2 nitrogen and oxygen atoms in total. The number of hydrogen-bond donors (Lipinski definition) is 0. The highest BCUT2D eigenvalue weighted by molar-refractivity contribution is 7.13. The minimum Gasteiger partial charge on any atom is -0.286 e. The molecule has 1 heterocycles. The number of aromatic nitrogens is 1. The molecule has 0 amide bonds. The van der Waals surface area contributed by atoms with Gasteiger partial charge < -0.3 is 0 Å². The topological polar surface area (TPSA) is 30.0 Å². The second kappa shape index (κ2) is 4.18. The van der Waals surface area contributed by atoms with Gasteiger partial charge in [0, 0.05) is 10.4 Å². The Morgan fingerprint density at radius 2 is 1.75 bits per heavy atom. The third-order valence-electron chi connectivity index (χ3n) is 2.54. The van der Waals surface area contributed by atoms with Gasteiger partial charge in [-0.3, -0.25) is 4.79 Å². The van der Waals surface area contributed by atoms with Crippen LogP contribution in [0.4, 0.5) is 0 Å². The third kappa shape index (κ3) is 2.04. The molecule has 0 aliphatic heterocycles. The molecule has 0 atom stereocenters. The molecule has 1 aromatic heterocycles. The van der Waals surface area contributed by atoms with Crippen molar-refractivity contribution in [3.8, 4) is 0 Å². The lowest BCUT2D eigenvalue weighted by Gasteiger charge is -1.97. The van der Waals surface area contributed by atoms with Crippen LogP contribution in [0.25, 0.3) is 0 Å². The highest BCUT2D eigenvalue weighted by atomic mass is 32.1. The van der Waals surface area contributed by atoms with E-state index in [2.05, 4.69) is 4.98 Å². The molecule has 0 aliphatic rings. The van der Waals surface area contributed by atoms with Crippen molar-refractivity contribution < 1.29 is 4.79 Å². The van der Waals surface area contributed by atoms with E-state index in [1.165, 1.54) is 11.3 Å². The van der Waals surface area contributed by atoms with E-state index in [1.54, 1.807) is 0 Å². The van der Waals surface area contributed by atoms with Crippen molar-refractivity contribution in [2.75, 3.05) is 0 Å². The lowest BCUT2D eigenvalue weighted by molar-refractivity contribution is 0.103. The smallest absolute Gasteiger partial charge is 0.221 e. The molecule has 2 rings (SSSR count). The SMILES string of the molecule is Cc1ccc(C(=O)c2nc(C)c(C)s2)cc1. The van der Waals surface area contributed by atoms with Crippen molar-refractivity contribution in [2.24, 2.45) is 0 Å². The predicted octanol–water partition coefficient (Wildman–Crippen LogP) is 3.30. The summed E-state index contributed by atoms with van der Waals surface area (Å²) >= 11 is 1.46. The van der Waals surface area contributed by atoms with Gasteiger partial charge in [-0.15, -0.1) is 11.3 Å². The van der Waals surface area contributed by atoms with Gasteiger partial charge >= 0.3 is 0 Å². The summed E-state index contributed by atoms with van der Waals surface area (Å²) in [5.41, 5.74) is 2.81. The first-order chi connectivity index (χ1) is 7.58. The van der Waals surface area contributed by atoms with E-state index < -0.39 is 0 Å². The first-order valence-electron chi connectivity index (χ1n) is 5.13. The van der Waals surface area contributed by atoms with E-state index in [4.69, 9.17) is 0 Å². The van der Waals surface area contributed by atoms with E-state index in [0.29, 0.717) is 10.6 Å². The summed E-state index contributed by atoms with van der Waals surface area (Å²) in [6.45, 7) is 5.92. The van der Waals surface area contributed by atoms with Crippen LogP contribution in [0.15, 0.2) is 24.3 Å². The molecule has 0 N–H and O–H groups in total. The number of carbonyl (C=O) groups excluding carboxylic acids is 1. The number of nitrogens with zero attached hydrogens (tertiary/aromatic N) is 1. The van der Waals surface area contributed by atoms with Gasteiger partial charge in [0.15, 0.2) is 5.01 Å². The molecule has 0 fully saturated rings. The maximum Gasteiger partial charge on any atom is 0.221 e. The fraction of sp³-hybridized carbons (Fsp3) is 0.231. The molecule has 2 aromatic rings. The molecule has 0 spiro atoms. The molecule has 3 heteroatoms. The Labute approximate surface area is 99.0 Å². The third-order valence-corrected chi connectivity index (χ3v) is 3.61. The first-order valence-corrected chi connectivity index (χ1v) is 5.95. The van der Waals surface area contributed by atoms with Gasteiger partial charge in [-0.25, -0.2) is 4.98 Å². The largest absolute Gasteiger partial charge is 0.286 e. The summed E-state index contributed by atoms with van der Waals surface area (Å²) in [5, 5.41) is 0.582. The van der Waals surface area contributed by atoms with Crippen LogP contribution in [0.2, 0.25) is 0 Å². The molecule has 0 radical (unpaired) electrons. The van der Waals surface area contributed by atoms with Crippen molar-refractivity contribution in [3.05, 3.63) is 51.0 Å². The van der Waals surface area contributed by atoms with E-state index in [-0.39, 0.29) is 5.78 Å². The fourth-order valence-corrected chi connectivity index (χ4v) is 2.27. The van der Waals surface area contributed by atoms with Crippen molar-refractivity contribution >= 4 is 17.1 Å². The fourth-order valence-electron chi connectivity index (χ4n) is 1.40. The molecule has 0 saturated carbocycles. The number of hydrogen-bond acceptors (Lipinski definition) is 3. The normalized spacial score (nSPS) is 10.4. The number of ketones is 1. The lowest BCUT2D eigenvalue weighted by Crippen LogP contribution is -2.00. The van der Waals surface area contributed by atoms with Gasteiger partial charge in [-0.1, -0.05) is 29.8 Å². The van der Waals surface area contributed by atoms with E-state index in [1.807, 2.05) is 45.0 Å². The van der Waals surface area contributed by atoms with Crippen molar-refractivity contribution in [3.63, 3.8) is 0 Å². The van der Waals surface area contributed by atoms with Gasteiger partial charge in [-0.2, -0.15) is 0 Å². The average Bonchev–Trinajstić information content (AvgIpc) is 2.59. The van der Waals surface area contributed by atoms with Crippen LogP contribution in [-0.4, -0.2) is 10.8 Å². The quantitative estimate of drug-likeness (QED) is 0.742. The summed E-state index contributed by atoms with van der Waals surface area (Å²) in [6.07, 6.45) is 0. The number of aryl methyl sites for hydroxylation is 3. The molecule has 82 valence electrons. The monoisotopic (exact) mass is 231 g/mol. The second-order valence-electron chi connectivity index (χ2n) is 3.86. The maximum atomic E-state index is 12.1. The maximum absolute atomic E-state index is 12.1. The van der Waals surface area contributed by atoms with Crippen LogP contribution >= 0.6 is 11.3 Å². The van der Waals surface area contributed by atoms with Crippen LogP contribution in [0, 0.1) is 20.8 Å². The Morgan fingerprint density at radius 3 is 2.25 bits per heavy atom. The highest BCUT2D eigenvalue weighted by Crippen LogP contribution is 2.19.